The van der Waals surface area contributed by atoms with E-state index in [1.807, 2.05) is 36.4 Å². The smallest absolute Gasteiger partial charge is 0.305 e. The van der Waals surface area contributed by atoms with Crippen molar-refractivity contribution in [3.8, 4) is 11.5 Å². The van der Waals surface area contributed by atoms with E-state index in [-0.39, 0.29) is 51.2 Å². The minimum absolute atomic E-state index is 0.105. The van der Waals surface area contributed by atoms with Gasteiger partial charge < -0.3 is 28.4 Å². The molecule has 9 heteroatoms. The average Bonchev–Trinajstić information content (AvgIpc) is 3.02. The molecule has 2 atom stereocenters. The van der Waals surface area contributed by atoms with Crippen molar-refractivity contribution in [3.63, 3.8) is 0 Å². The molecule has 0 spiro atoms. The Morgan fingerprint density at radius 2 is 1.12 bits per heavy atom. The van der Waals surface area contributed by atoms with Crippen LogP contribution in [0, 0.1) is 0 Å². The Labute approximate surface area is 259 Å². The summed E-state index contributed by atoms with van der Waals surface area (Å²) < 4.78 is 35.6. The molecule has 3 aromatic rings. The van der Waals surface area contributed by atoms with Gasteiger partial charge in [-0.25, -0.2) is 0 Å². The second-order valence-electron chi connectivity index (χ2n) is 10.3. The predicted octanol–water partition coefficient (Wildman–Crippen LogP) is 7.68. The molecule has 3 rings (SSSR count). The SMILES string of the molecule is CCCCOCC(COc1c2ccccc2c(OCC(COCCCC)OC(=O)CC)c2cc(Cl)ccc12)OC(=O)CC. The van der Waals surface area contributed by atoms with Gasteiger partial charge in [-0.15, -0.1) is 0 Å². The standard InChI is InChI=1S/C34H45ClO8/c1-5-9-17-38-20-25(42-31(36)7-3)22-40-33-27-13-11-12-14-28(27)34(30-19-24(35)15-16-29(30)33)41-23-26(43-32(37)8-4)21-39-18-10-6-2/h11-16,19,25-26H,5-10,17-18,20-23H2,1-4H3. The third-order valence-corrected chi connectivity index (χ3v) is 7.01. The van der Waals surface area contributed by atoms with Crippen LogP contribution in [0.1, 0.15) is 66.2 Å². The Morgan fingerprint density at radius 3 is 1.58 bits per heavy atom. The number of unbranched alkanes of at least 4 members (excludes halogenated alkanes) is 2. The monoisotopic (exact) mass is 616 g/mol. The molecule has 0 aromatic heterocycles. The number of halogens is 1. The predicted molar refractivity (Wildman–Crippen MR) is 169 cm³/mol. The molecule has 0 fully saturated rings. The van der Waals surface area contributed by atoms with E-state index in [0.29, 0.717) is 29.7 Å². The van der Waals surface area contributed by atoms with E-state index in [2.05, 4.69) is 13.8 Å². The van der Waals surface area contributed by atoms with Crippen molar-refractivity contribution in [3.05, 3.63) is 47.5 Å². The molecule has 2 unspecified atom stereocenters. The molecule has 0 amide bonds. The van der Waals surface area contributed by atoms with E-state index in [0.717, 1.165) is 47.2 Å². The van der Waals surface area contributed by atoms with Gasteiger partial charge in [0.2, 0.25) is 0 Å². The molecule has 0 bridgehead atoms. The minimum atomic E-state index is -0.574. The second-order valence-corrected chi connectivity index (χ2v) is 10.7. The van der Waals surface area contributed by atoms with Gasteiger partial charge in [0.1, 0.15) is 24.7 Å². The molecule has 43 heavy (non-hydrogen) atoms. The first-order valence-electron chi connectivity index (χ1n) is 15.4. The fourth-order valence-electron chi connectivity index (χ4n) is 4.43. The molecule has 0 heterocycles. The summed E-state index contributed by atoms with van der Waals surface area (Å²) in [6, 6.07) is 13.3. The summed E-state index contributed by atoms with van der Waals surface area (Å²) >= 11 is 6.47. The fraction of sp³-hybridized carbons (Fsp3) is 0.529. The Morgan fingerprint density at radius 1 is 0.651 bits per heavy atom. The highest BCUT2D eigenvalue weighted by atomic mass is 35.5. The van der Waals surface area contributed by atoms with Crippen molar-refractivity contribution in [1.29, 1.82) is 0 Å². The molecule has 0 N–H and O–H groups in total. The summed E-state index contributed by atoms with van der Waals surface area (Å²) in [6.07, 6.45) is 3.26. The zero-order valence-corrected chi connectivity index (χ0v) is 26.6. The average molecular weight is 617 g/mol. The largest absolute Gasteiger partial charge is 0.488 e. The summed E-state index contributed by atoms with van der Waals surface area (Å²) in [5.41, 5.74) is 0. The van der Waals surface area contributed by atoms with E-state index < -0.39 is 12.2 Å². The number of carbonyl (C=O) groups is 2. The van der Waals surface area contributed by atoms with Gasteiger partial charge in [-0.3, -0.25) is 9.59 Å². The number of benzene rings is 3. The molecule has 0 aliphatic rings. The molecule has 0 saturated carbocycles. The zero-order chi connectivity index (χ0) is 31.0. The first kappa shape index (κ1) is 34.4. The molecule has 0 saturated heterocycles. The van der Waals surface area contributed by atoms with Gasteiger partial charge in [0.15, 0.2) is 12.2 Å². The number of carbonyl (C=O) groups excluding carboxylic acids is 2. The van der Waals surface area contributed by atoms with Crippen LogP contribution in [0.5, 0.6) is 11.5 Å². The number of hydrogen-bond donors (Lipinski definition) is 0. The molecular formula is C34H45ClO8. The van der Waals surface area contributed by atoms with Gasteiger partial charge >= 0.3 is 11.9 Å². The topological polar surface area (TPSA) is 89.5 Å². The zero-order valence-electron chi connectivity index (χ0n) is 25.8. The second kappa shape index (κ2) is 18.6. The van der Waals surface area contributed by atoms with Crippen LogP contribution in [-0.4, -0.2) is 63.8 Å². The van der Waals surface area contributed by atoms with E-state index in [9.17, 15) is 9.59 Å². The summed E-state index contributed by atoms with van der Waals surface area (Å²) in [7, 11) is 0. The lowest BCUT2D eigenvalue weighted by molar-refractivity contribution is -0.154. The van der Waals surface area contributed by atoms with Crippen molar-refractivity contribution >= 4 is 45.1 Å². The van der Waals surface area contributed by atoms with E-state index in [1.54, 1.807) is 19.9 Å². The molecule has 236 valence electrons. The summed E-state index contributed by atoms with van der Waals surface area (Å²) in [4.78, 5) is 24.3. The van der Waals surface area contributed by atoms with E-state index >= 15 is 0 Å². The normalized spacial score (nSPS) is 12.7. The maximum absolute atomic E-state index is 12.1. The minimum Gasteiger partial charge on any atom is -0.488 e. The first-order chi connectivity index (χ1) is 20.9. The Hall–Kier alpha value is -3.07. The maximum Gasteiger partial charge on any atom is 0.305 e. The molecule has 0 aliphatic heterocycles. The van der Waals surface area contributed by atoms with Gasteiger partial charge in [-0.2, -0.15) is 0 Å². The third-order valence-electron chi connectivity index (χ3n) is 6.78. The van der Waals surface area contributed by atoms with Crippen molar-refractivity contribution in [2.75, 3.05) is 39.6 Å². The molecule has 8 nitrogen and oxygen atoms in total. The van der Waals surface area contributed by atoms with Gasteiger partial charge in [-0.05, 0) is 31.0 Å². The van der Waals surface area contributed by atoms with Gasteiger partial charge in [0.05, 0.1) is 13.2 Å². The van der Waals surface area contributed by atoms with Crippen LogP contribution < -0.4 is 9.47 Å². The highest BCUT2D eigenvalue weighted by Gasteiger charge is 2.22. The van der Waals surface area contributed by atoms with Crippen molar-refractivity contribution in [2.24, 2.45) is 0 Å². The lowest BCUT2D eigenvalue weighted by Gasteiger charge is -2.23. The van der Waals surface area contributed by atoms with Gasteiger partial charge in [-0.1, -0.05) is 76.4 Å². The lowest BCUT2D eigenvalue weighted by Crippen LogP contribution is -2.30. The van der Waals surface area contributed by atoms with Gasteiger partial charge in [0.25, 0.3) is 0 Å². The highest BCUT2D eigenvalue weighted by molar-refractivity contribution is 6.31. The quantitative estimate of drug-likeness (QED) is 0.0725. The molecule has 0 radical (unpaired) electrons. The number of fused-ring (bicyclic) bond motifs is 2. The number of ether oxygens (including phenoxy) is 6. The molecule has 3 aromatic carbocycles. The first-order valence-corrected chi connectivity index (χ1v) is 15.7. The lowest BCUT2D eigenvalue weighted by atomic mass is 10.0. The van der Waals surface area contributed by atoms with Crippen LogP contribution in [0.25, 0.3) is 21.5 Å². The summed E-state index contributed by atoms with van der Waals surface area (Å²) in [5, 5.41) is 3.69. The van der Waals surface area contributed by atoms with E-state index in [1.165, 1.54) is 0 Å². The molecule has 0 aliphatic carbocycles. The molecular weight excluding hydrogens is 572 g/mol. The van der Waals surface area contributed by atoms with Gasteiger partial charge in [0, 0.05) is 52.6 Å². The van der Waals surface area contributed by atoms with Crippen molar-refractivity contribution < 1.29 is 38.0 Å². The third kappa shape index (κ3) is 10.6. The summed E-state index contributed by atoms with van der Waals surface area (Å²) in [5.74, 6) is 0.599. The van der Waals surface area contributed by atoms with Crippen LogP contribution in [-0.2, 0) is 28.5 Å². The van der Waals surface area contributed by atoms with Crippen LogP contribution in [0.15, 0.2) is 42.5 Å². The number of rotatable bonds is 20. The number of hydrogen-bond acceptors (Lipinski definition) is 8. The fourth-order valence-corrected chi connectivity index (χ4v) is 4.60. The Bertz CT molecular complexity index is 1310. The Kier molecular flexibility index (Phi) is 14.9. The van der Waals surface area contributed by atoms with Crippen LogP contribution >= 0.6 is 11.6 Å². The van der Waals surface area contributed by atoms with Crippen molar-refractivity contribution in [2.45, 2.75) is 78.4 Å². The number of esters is 2. The van der Waals surface area contributed by atoms with Crippen LogP contribution in [0.4, 0.5) is 0 Å². The van der Waals surface area contributed by atoms with Crippen molar-refractivity contribution in [1.82, 2.24) is 0 Å². The maximum atomic E-state index is 12.1. The van der Waals surface area contributed by atoms with E-state index in [4.69, 9.17) is 40.0 Å². The summed E-state index contributed by atoms with van der Waals surface area (Å²) in [6.45, 7) is 9.57. The van der Waals surface area contributed by atoms with Crippen LogP contribution in [0.3, 0.4) is 0 Å². The Balaban J connectivity index is 1.94. The highest BCUT2D eigenvalue weighted by Crippen LogP contribution is 2.43. The van der Waals surface area contributed by atoms with Crippen LogP contribution in [0.2, 0.25) is 5.02 Å².